The first-order chi connectivity index (χ1) is 5.57. The van der Waals surface area contributed by atoms with Crippen LogP contribution in [0.1, 0.15) is 6.92 Å². The topological polar surface area (TPSA) is 61.4 Å². The summed E-state index contributed by atoms with van der Waals surface area (Å²) in [6.07, 6.45) is -4.63. The van der Waals surface area contributed by atoms with Crippen molar-refractivity contribution < 1.29 is 18.7 Å². The molecule has 2 amide bonds. The Morgan fingerprint density at radius 1 is 1.50 bits per heavy atom. The summed E-state index contributed by atoms with van der Waals surface area (Å²) < 4.78 is 23.3. The Balaban J connectivity index is 3.47. The lowest BCUT2D eigenvalue weighted by Crippen LogP contribution is -2.41. The molecule has 72 valence electrons. The fourth-order valence-electron chi connectivity index (χ4n) is 0.509. The highest BCUT2D eigenvalue weighted by molar-refractivity contribution is 5.73. The fraction of sp³-hybridized carbons (Fsp3) is 0.833. The first-order valence-electron chi connectivity index (χ1n) is 3.55. The van der Waals surface area contributed by atoms with Crippen LogP contribution in [-0.2, 0) is 0 Å². The third-order valence-corrected chi connectivity index (χ3v) is 1.10. The highest BCUT2D eigenvalue weighted by atomic mass is 19.3. The Hall–Kier alpha value is -0.910. The maximum atomic E-state index is 11.6. The van der Waals surface area contributed by atoms with Gasteiger partial charge in [-0.2, -0.15) is 0 Å². The summed E-state index contributed by atoms with van der Waals surface area (Å²) in [5.41, 5.74) is 0. The summed E-state index contributed by atoms with van der Waals surface area (Å²) in [7, 11) is 0. The minimum absolute atomic E-state index is 0.413. The van der Waals surface area contributed by atoms with Crippen LogP contribution in [-0.4, -0.2) is 36.8 Å². The number of hydrogen-bond acceptors (Lipinski definition) is 2. The normalized spacial score (nSPS) is 12.8. The van der Waals surface area contributed by atoms with Crippen LogP contribution in [0.5, 0.6) is 0 Å². The molecule has 1 unspecified atom stereocenters. The summed E-state index contributed by atoms with van der Waals surface area (Å²) >= 11 is 0. The molecule has 0 aliphatic heterocycles. The average molecular weight is 182 g/mol. The number of rotatable bonds is 4. The molecule has 3 N–H and O–H groups in total. The van der Waals surface area contributed by atoms with E-state index in [1.807, 2.05) is 0 Å². The number of amides is 2. The molecular weight excluding hydrogens is 170 g/mol. The lowest BCUT2D eigenvalue weighted by molar-refractivity contribution is -0.00174. The third-order valence-electron chi connectivity index (χ3n) is 1.10. The van der Waals surface area contributed by atoms with Gasteiger partial charge in [-0.3, -0.25) is 0 Å². The Morgan fingerprint density at radius 3 is 2.50 bits per heavy atom. The van der Waals surface area contributed by atoms with E-state index in [4.69, 9.17) is 5.11 Å². The summed E-state index contributed by atoms with van der Waals surface area (Å²) in [6, 6.07) is -0.558. The number of carbonyl (C=O) groups excluding carboxylic acids is 1. The van der Waals surface area contributed by atoms with E-state index in [9.17, 15) is 13.6 Å². The molecule has 0 bridgehead atoms. The van der Waals surface area contributed by atoms with Gasteiger partial charge in [0.1, 0.15) is 6.10 Å². The molecule has 0 aliphatic carbocycles. The first kappa shape index (κ1) is 11.1. The van der Waals surface area contributed by atoms with Crippen LogP contribution in [0.15, 0.2) is 0 Å². The molecule has 0 saturated heterocycles. The van der Waals surface area contributed by atoms with Crippen LogP contribution in [0, 0.1) is 0 Å². The monoisotopic (exact) mass is 182 g/mol. The molecular formula is C6H12F2N2O2. The SMILES string of the molecule is CCNC(=O)NCC(O)C(F)F. The molecule has 0 fully saturated rings. The number of nitrogens with one attached hydrogen (secondary N) is 2. The smallest absolute Gasteiger partial charge is 0.314 e. The highest BCUT2D eigenvalue weighted by Gasteiger charge is 2.16. The van der Waals surface area contributed by atoms with Crippen molar-refractivity contribution in [1.82, 2.24) is 10.6 Å². The van der Waals surface area contributed by atoms with Gasteiger partial charge in [0, 0.05) is 6.54 Å². The predicted octanol–water partition coefficient (Wildman–Crippen LogP) is -0.0685. The van der Waals surface area contributed by atoms with Crippen LogP contribution in [0.2, 0.25) is 0 Å². The van der Waals surface area contributed by atoms with Crippen molar-refractivity contribution in [2.75, 3.05) is 13.1 Å². The van der Waals surface area contributed by atoms with Gasteiger partial charge in [-0.15, -0.1) is 0 Å². The Morgan fingerprint density at radius 2 is 2.08 bits per heavy atom. The van der Waals surface area contributed by atoms with Crippen LogP contribution in [0.4, 0.5) is 13.6 Å². The second-order valence-corrected chi connectivity index (χ2v) is 2.14. The van der Waals surface area contributed by atoms with Crippen LogP contribution in [0.25, 0.3) is 0 Å². The summed E-state index contributed by atoms with van der Waals surface area (Å²) in [5.74, 6) is 0. The van der Waals surface area contributed by atoms with Crippen LogP contribution in [0.3, 0.4) is 0 Å². The molecule has 4 nitrogen and oxygen atoms in total. The number of aliphatic hydroxyl groups is 1. The first-order valence-corrected chi connectivity index (χ1v) is 3.55. The zero-order chi connectivity index (χ0) is 9.56. The molecule has 0 aliphatic rings. The van der Waals surface area contributed by atoms with Crippen LogP contribution < -0.4 is 10.6 Å². The van der Waals surface area contributed by atoms with Gasteiger partial charge < -0.3 is 15.7 Å². The van der Waals surface area contributed by atoms with E-state index in [0.29, 0.717) is 6.54 Å². The van der Waals surface area contributed by atoms with E-state index in [1.54, 1.807) is 6.92 Å². The number of carbonyl (C=O) groups is 1. The van der Waals surface area contributed by atoms with Gasteiger partial charge in [0.25, 0.3) is 6.43 Å². The summed E-state index contributed by atoms with van der Waals surface area (Å²) in [6.45, 7) is 1.67. The molecule has 0 saturated carbocycles. The molecule has 1 atom stereocenters. The van der Waals surface area contributed by atoms with Crippen molar-refractivity contribution in [3.63, 3.8) is 0 Å². The van der Waals surface area contributed by atoms with E-state index < -0.39 is 25.1 Å². The standard InChI is InChI=1S/C6H12F2N2O2/c1-2-9-6(12)10-3-4(11)5(7)8/h4-5,11H,2-3H2,1H3,(H2,9,10,12). The van der Waals surface area contributed by atoms with Gasteiger partial charge in [-0.1, -0.05) is 0 Å². The zero-order valence-corrected chi connectivity index (χ0v) is 6.68. The molecule has 0 heterocycles. The van der Waals surface area contributed by atoms with E-state index in [1.165, 1.54) is 0 Å². The average Bonchev–Trinajstić information content (AvgIpc) is 2.00. The molecule has 0 aromatic rings. The largest absolute Gasteiger partial charge is 0.385 e. The lowest BCUT2D eigenvalue weighted by Gasteiger charge is -2.10. The van der Waals surface area contributed by atoms with E-state index in [2.05, 4.69) is 10.6 Å². The van der Waals surface area contributed by atoms with Gasteiger partial charge in [-0.25, -0.2) is 13.6 Å². The molecule has 0 radical (unpaired) electrons. The molecule has 0 aromatic carbocycles. The Kier molecular flexibility index (Phi) is 5.27. The third kappa shape index (κ3) is 4.84. The molecule has 0 spiro atoms. The molecule has 0 rings (SSSR count). The van der Waals surface area contributed by atoms with E-state index >= 15 is 0 Å². The van der Waals surface area contributed by atoms with Crippen LogP contribution >= 0.6 is 0 Å². The number of urea groups is 1. The lowest BCUT2D eigenvalue weighted by atomic mass is 10.4. The number of hydrogen-bond donors (Lipinski definition) is 3. The van der Waals surface area contributed by atoms with Gasteiger partial charge in [0.05, 0.1) is 6.54 Å². The van der Waals surface area contributed by atoms with Gasteiger partial charge in [-0.05, 0) is 6.92 Å². The maximum absolute atomic E-state index is 11.6. The molecule has 0 aromatic heterocycles. The number of halogens is 2. The van der Waals surface area contributed by atoms with Crippen molar-refractivity contribution in [2.45, 2.75) is 19.5 Å². The van der Waals surface area contributed by atoms with Gasteiger partial charge in [0.15, 0.2) is 0 Å². The van der Waals surface area contributed by atoms with Gasteiger partial charge >= 0.3 is 6.03 Å². The number of aliphatic hydroxyl groups excluding tert-OH is 1. The van der Waals surface area contributed by atoms with Crippen molar-refractivity contribution in [1.29, 1.82) is 0 Å². The Bertz CT molecular complexity index is 144. The van der Waals surface area contributed by atoms with E-state index in [-0.39, 0.29) is 0 Å². The number of alkyl halides is 2. The molecule has 6 heteroatoms. The summed E-state index contributed by atoms with van der Waals surface area (Å²) in [5, 5.41) is 13.0. The Labute approximate surface area is 69.0 Å². The minimum atomic E-state index is -2.83. The summed E-state index contributed by atoms with van der Waals surface area (Å²) in [4.78, 5) is 10.6. The van der Waals surface area contributed by atoms with Crippen molar-refractivity contribution in [3.8, 4) is 0 Å². The van der Waals surface area contributed by atoms with E-state index in [0.717, 1.165) is 0 Å². The zero-order valence-electron chi connectivity index (χ0n) is 6.68. The predicted molar refractivity (Wildman–Crippen MR) is 39.1 cm³/mol. The van der Waals surface area contributed by atoms with Gasteiger partial charge in [0.2, 0.25) is 0 Å². The van der Waals surface area contributed by atoms with Crippen molar-refractivity contribution >= 4 is 6.03 Å². The highest BCUT2D eigenvalue weighted by Crippen LogP contribution is 1.97. The van der Waals surface area contributed by atoms with Crippen molar-refractivity contribution in [3.05, 3.63) is 0 Å². The maximum Gasteiger partial charge on any atom is 0.314 e. The second-order valence-electron chi connectivity index (χ2n) is 2.14. The second kappa shape index (κ2) is 5.70. The fourth-order valence-corrected chi connectivity index (χ4v) is 0.509. The minimum Gasteiger partial charge on any atom is -0.385 e. The quantitative estimate of drug-likeness (QED) is 0.570. The van der Waals surface area contributed by atoms with Crippen molar-refractivity contribution in [2.24, 2.45) is 0 Å². The molecule has 12 heavy (non-hydrogen) atoms.